The number of hydrogen-bond donors (Lipinski definition) is 4. The monoisotopic (exact) mass is 274 g/mol. The molecule has 0 aliphatic carbocycles. The molecule has 110 valence electrons. The summed E-state index contributed by atoms with van der Waals surface area (Å²) >= 11 is 0. The molecule has 0 aromatic carbocycles. The third-order valence-corrected chi connectivity index (χ3v) is 3.36. The summed E-state index contributed by atoms with van der Waals surface area (Å²) in [5.74, 6) is -1.17. The van der Waals surface area contributed by atoms with Gasteiger partial charge < -0.3 is 25.5 Å². The number of aliphatic carboxylic acids is 1. The molecule has 0 radical (unpaired) electrons. The van der Waals surface area contributed by atoms with Crippen molar-refractivity contribution >= 4 is 12.0 Å². The Morgan fingerprint density at radius 2 is 2.00 bits per heavy atom. The molecule has 2 amide bonds. The van der Waals surface area contributed by atoms with Crippen LogP contribution < -0.4 is 5.32 Å². The summed E-state index contributed by atoms with van der Waals surface area (Å²) in [7, 11) is 0. The van der Waals surface area contributed by atoms with Crippen LogP contribution in [0.15, 0.2) is 0 Å². The summed E-state index contributed by atoms with van der Waals surface area (Å²) in [6.45, 7) is 0.0916. The standard InChI is InChI=1S/C12H22N2O5/c15-7-5-10(11(17)18)13-12(19)14-6-3-1-2-4-9(14)8-16/h9-10,15-16H,1-8H2,(H,13,19)(H,17,18). The number of hydrogen-bond acceptors (Lipinski definition) is 4. The van der Waals surface area contributed by atoms with Gasteiger partial charge >= 0.3 is 12.0 Å². The third kappa shape index (κ3) is 4.68. The highest BCUT2D eigenvalue weighted by molar-refractivity contribution is 5.82. The number of carbonyl (C=O) groups excluding carboxylic acids is 1. The maximum absolute atomic E-state index is 12.1. The van der Waals surface area contributed by atoms with Crippen molar-refractivity contribution < 1.29 is 24.9 Å². The van der Waals surface area contributed by atoms with Crippen LogP contribution in [0.1, 0.15) is 32.1 Å². The molecule has 1 rings (SSSR count). The summed E-state index contributed by atoms with van der Waals surface area (Å²) in [6.07, 6.45) is 3.50. The summed E-state index contributed by atoms with van der Waals surface area (Å²) in [4.78, 5) is 24.5. The Bertz CT molecular complexity index is 310. The second-order valence-electron chi connectivity index (χ2n) is 4.73. The lowest BCUT2D eigenvalue weighted by atomic mass is 10.1. The number of amides is 2. The van der Waals surface area contributed by atoms with Gasteiger partial charge in [-0.1, -0.05) is 12.8 Å². The van der Waals surface area contributed by atoms with Crippen LogP contribution in [-0.4, -0.2) is 64.1 Å². The number of carbonyl (C=O) groups is 2. The van der Waals surface area contributed by atoms with Crippen LogP contribution in [0.4, 0.5) is 4.79 Å². The minimum atomic E-state index is -1.17. The first-order valence-corrected chi connectivity index (χ1v) is 6.61. The quantitative estimate of drug-likeness (QED) is 0.553. The van der Waals surface area contributed by atoms with Crippen molar-refractivity contribution in [1.82, 2.24) is 10.2 Å². The largest absolute Gasteiger partial charge is 0.480 e. The van der Waals surface area contributed by atoms with Crippen LogP contribution in [-0.2, 0) is 4.79 Å². The SMILES string of the molecule is O=C(O)C(CCO)NC(=O)N1CCCCCC1CO. The normalized spacial score (nSPS) is 21.6. The van der Waals surface area contributed by atoms with Crippen molar-refractivity contribution in [3.63, 3.8) is 0 Å². The fraction of sp³-hybridized carbons (Fsp3) is 0.833. The predicted octanol–water partition coefficient (Wildman–Crippen LogP) is -0.231. The van der Waals surface area contributed by atoms with Gasteiger partial charge in [-0.3, -0.25) is 0 Å². The number of likely N-dealkylation sites (tertiary alicyclic amines) is 1. The van der Waals surface area contributed by atoms with E-state index in [0.29, 0.717) is 6.54 Å². The van der Waals surface area contributed by atoms with Crippen LogP contribution in [0.2, 0.25) is 0 Å². The molecule has 1 fully saturated rings. The van der Waals surface area contributed by atoms with E-state index in [4.69, 9.17) is 10.2 Å². The lowest BCUT2D eigenvalue weighted by molar-refractivity contribution is -0.139. The zero-order chi connectivity index (χ0) is 14.3. The molecule has 0 aromatic rings. The number of aliphatic hydroxyl groups excluding tert-OH is 2. The summed E-state index contributed by atoms with van der Waals surface area (Å²) in [5.41, 5.74) is 0. The lowest BCUT2D eigenvalue weighted by Gasteiger charge is -2.30. The first-order valence-electron chi connectivity index (χ1n) is 6.61. The highest BCUT2D eigenvalue weighted by Gasteiger charge is 2.28. The molecule has 19 heavy (non-hydrogen) atoms. The number of urea groups is 1. The Kier molecular flexibility index (Phi) is 6.58. The van der Waals surface area contributed by atoms with Gasteiger partial charge in [-0.05, 0) is 12.8 Å². The molecular formula is C12H22N2O5. The van der Waals surface area contributed by atoms with E-state index in [1.165, 1.54) is 4.90 Å². The number of rotatable bonds is 5. The van der Waals surface area contributed by atoms with Crippen molar-refractivity contribution in [3.05, 3.63) is 0 Å². The Balaban J connectivity index is 2.64. The van der Waals surface area contributed by atoms with Crippen LogP contribution in [0.25, 0.3) is 0 Å². The smallest absolute Gasteiger partial charge is 0.326 e. The average Bonchev–Trinajstić information content (AvgIpc) is 2.62. The van der Waals surface area contributed by atoms with E-state index in [0.717, 1.165) is 25.7 Å². The second-order valence-corrected chi connectivity index (χ2v) is 4.73. The number of nitrogens with zero attached hydrogens (tertiary/aromatic N) is 1. The molecule has 7 nitrogen and oxygen atoms in total. The third-order valence-electron chi connectivity index (χ3n) is 3.36. The molecule has 1 heterocycles. The summed E-state index contributed by atoms with van der Waals surface area (Å²) < 4.78 is 0. The average molecular weight is 274 g/mol. The second kappa shape index (κ2) is 7.96. The van der Waals surface area contributed by atoms with Crippen molar-refractivity contribution in [3.8, 4) is 0 Å². The Morgan fingerprint density at radius 3 is 2.58 bits per heavy atom. The van der Waals surface area contributed by atoms with Crippen molar-refractivity contribution in [2.75, 3.05) is 19.8 Å². The maximum atomic E-state index is 12.1. The lowest BCUT2D eigenvalue weighted by Crippen LogP contribution is -2.52. The van der Waals surface area contributed by atoms with Gasteiger partial charge in [0.2, 0.25) is 0 Å². The number of carboxylic acids is 1. The minimum Gasteiger partial charge on any atom is -0.480 e. The molecule has 1 saturated heterocycles. The fourth-order valence-electron chi connectivity index (χ4n) is 2.25. The molecule has 0 aromatic heterocycles. The van der Waals surface area contributed by atoms with Crippen molar-refractivity contribution in [2.45, 2.75) is 44.2 Å². The highest BCUT2D eigenvalue weighted by Crippen LogP contribution is 2.16. The highest BCUT2D eigenvalue weighted by atomic mass is 16.4. The molecule has 1 aliphatic rings. The Morgan fingerprint density at radius 1 is 1.26 bits per heavy atom. The van der Waals surface area contributed by atoms with Gasteiger partial charge in [0.25, 0.3) is 0 Å². The number of nitrogens with one attached hydrogen (secondary N) is 1. The van der Waals surface area contributed by atoms with Gasteiger partial charge in [-0.15, -0.1) is 0 Å². The van der Waals surface area contributed by atoms with E-state index in [1.54, 1.807) is 0 Å². The topological polar surface area (TPSA) is 110 Å². The Hall–Kier alpha value is -1.34. The summed E-state index contributed by atoms with van der Waals surface area (Å²) in [6, 6.07) is -1.84. The fourth-order valence-corrected chi connectivity index (χ4v) is 2.25. The van der Waals surface area contributed by atoms with Gasteiger partial charge in [0.15, 0.2) is 0 Å². The first-order chi connectivity index (χ1) is 9.10. The van der Waals surface area contributed by atoms with Crippen LogP contribution >= 0.6 is 0 Å². The van der Waals surface area contributed by atoms with Gasteiger partial charge in [0.05, 0.1) is 12.6 Å². The van der Waals surface area contributed by atoms with Gasteiger partial charge in [0.1, 0.15) is 6.04 Å². The van der Waals surface area contributed by atoms with Crippen molar-refractivity contribution in [2.24, 2.45) is 0 Å². The van der Waals surface area contributed by atoms with Gasteiger partial charge in [0, 0.05) is 19.6 Å². The molecule has 0 spiro atoms. The zero-order valence-corrected chi connectivity index (χ0v) is 10.9. The van der Waals surface area contributed by atoms with Crippen molar-refractivity contribution in [1.29, 1.82) is 0 Å². The molecule has 7 heteroatoms. The number of aliphatic hydroxyl groups is 2. The van der Waals surface area contributed by atoms with Crippen LogP contribution in [0.3, 0.4) is 0 Å². The van der Waals surface area contributed by atoms with E-state index in [9.17, 15) is 14.7 Å². The summed E-state index contributed by atoms with van der Waals surface area (Å²) in [5, 5.41) is 29.4. The molecule has 4 N–H and O–H groups in total. The van der Waals surface area contributed by atoms with E-state index in [2.05, 4.69) is 5.32 Å². The van der Waals surface area contributed by atoms with E-state index < -0.39 is 18.0 Å². The van der Waals surface area contributed by atoms with Crippen LogP contribution in [0.5, 0.6) is 0 Å². The van der Waals surface area contributed by atoms with Gasteiger partial charge in [-0.2, -0.15) is 0 Å². The minimum absolute atomic E-state index is 0.0291. The maximum Gasteiger partial charge on any atom is 0.326 e. The van der Waals surface area contributed by atoms with E-state index in [1.807, 2.05) is 0 Å². The predicted molar refractivity (Wildman–Crippen MR) is 67.7 cm³/mol. The van der Waals surface area contributed by atoms with Gasteiger partial charge in [-0.25, -0.2) is 9.59 Å². The van der Waals surface area contributed by atoms with E-state index >= 15 is 0 Å². The molecule has 0 bridgehead atoms. The molecule has 2 unspecified atom stereocenters. The molecule has 1 aliphatic heterocycles. The zero-order valence-electron chi connectivity index (χ0n) is 10.9. The molecule has 2 atom stereocenters. The Labute approximate surface area is 112 Å². The molecule has 0 saturated carbocycles. The van der Waals surface area contributed by atoms with Crippen LogP contribution in [0, 0.1) is 0 Å². The first kappa shape index (κ1) is 15.7. The van der Waals surface area contributed by atoms with E-state index in [-0.39, 0.29) is 25.7 Å². The number of carboxylic acid groups (broad SMARTS) is 1. The molecular weight excluding hydrogens is 252 g/mol.